The van der Waals surface area contributed by atoms with E-state index in [0.717, 1.165) is 63.4 Å². The molecule has 1 aromatic rings. The Kier molecular flexibility index (Phi) is 16.7. The number of ether oxygens (including phenoxy) is 5. The molecule has 9 atom stereocenters. The van der Waals surface area contributed by atoms with Gasteiger partial charge in [-0.2, -0.15) is 0 Å². The van der Waals surface area contributed by atoms with Crippen LogP contribution in [0.3, 0.4) is 0 Å². The van der Waals surface area contributed by atoms with Crippen molar-refractivity contribution >= 4 is 29.8 Å². The number of rotatable bonds is 21. The predicted octanol–water partition coefficient (Wildman–Crippen LogP) is 6.23. The van der Waals surface area contributed by atoms with Gasteiger partial charge in [0.2, 0.25) is 11.8 Å². The van der Waals surface area contributed by atoms with E-state index in [-0.39, 0.29) is 24.8 Å². The molecule has 4 aliphatic rings. The maximum Gasteiger partial charge on any atom is 0.339 e. The minimum absolute atomic E-state index is 0.0198. The Morgan fingerprint density at radius 1 is 0.983 bits per heavy atom. The highest BCUT2D eigenvalue weighted by Crippen LogP contribution is 2.44. The first-order valence-electron chi connectivity index (χ1n) is 22.0. The molecule has 2 heterocycles. The summed E-state index contributed by atoms with van der Waals surface area (Å²) < 4.78 is 30.9. The minimum atomic E-state index is -1.40. The number of carbonyl (C=O) groups excluding carboxylic acids is 4. The van der Waals surface area contributed by atoms with Crippen molar-refractivity contribution in [3.05, 3.63) is 53.1 Å². The quantitative estimate of drug-likeness (QED) is 0.0627. The van der Waals surface area contributed by atoms with Gasteiger partial charge in [-0.05, 0) is 89.8 Å². The molecule has 0 spiro atoms. The Balaban J connectivity index is 1.34. The van der Waals surface area contributed by atoms with Gasteiger partial charge in [0.05, 0.1) is 36.5 Å². The summed E-state index contributed by atoms with van der Waals surface area (Å²) in [6, 6.07) is 5.06. The summed E-state index contributed by atoms with van der Waals surface area (Å²) in [7, 11) is 0. The van der Waals surface area contributed by atoms with Crippen LogP contribution in [0.1, 0.15) is 147 Å². The Bertz CT molecular complexity index is 1640. The van der Waals surface area contributed by atoms with Crippen LogP contribution in [-0.2, 0) is 38.1 Å². The van der Waals surface area contributed by atoms with Crippen LogP contribution in [0.5, 0.6) is 0 Å². The summed E-state index contributed by atoms with van der Waals surface area (Å²) in [5.41, 5.74) is 0.658. The summed E-state index contributed by atoms with van der Waals surface area (Å²) in [5.74, 6) is -2.96. The smallest absolute Gasteiger partial charge is 0.339 e. The number of aliphatic hydroxyl groups is 2. The lowest BCUT2D eigenvalue weighted by Crippen LogP contribution is -2.55. The number of hydrogen-bond acceptors (Lipinski definition) is 11. The van der Waals surface area contributed by atoms with Gasteiger partial charge in [0.1, 0.15) is 30.0 Å². The maximum atomic E-state index is 14.1. The molecule has 1 aromatic carbocycles. The van der Waals surface area contributed by atoms with Crippen molar-refractivity contribution in [1.82, 2.24) is 10.6 Å². The molecule has 1 saturated carbocycles. The van der Waals surface area contributed by atoms with Gasteiger partial charge in [0.25, 0.3) is 0 Å². The van der Waals surface area contributed by atoms with Gasteiger partial charge >= 0.3 is 11.9 Å². The van der Waals surface area contributed by atoms with E-state index in [9.17, 15) is 29.4 Å². The van der Waals surface area contributed by atoms with E-state index in [1.165, 1.54) is 6.92 Å². The second-order valence-corrected chi connectivity index (χ2v) is 17.8. The Morgan fingerprint density at radius 2 is 1.69 bits per heavy atom. The third-order valence-corrected chi connectivity index (χ3v) is 11.6. The van der Waals surface area contributed by atoms with Gasteiger partial charge < -0.3 is 44.5 Å². The second-order valence-electron chi connectivity index (χ2n) is 17.8. The number of hydrogen-bond donors (Lipinski definition) is 4. The van der Waals surface area contributed by atoms with E-state index in [4.69, 9.17) is 23.7 Å². The summed E-state index contributed by atoms with van der Waals surface area (Å²) in [6.45, 7) is 10.4. The lowest BCUT2D eigenvalue weighted by atomic mass is 9.88. The topological polar surface area (TPSA) is 182 Å². The number of benzene rings is 1. The van der Waals surface area contributed by atoms with Crippen molar-refractivity contribution in [3.8, 4) is 0 Å². The number of unbranched alkanes of at least 4 members (excludes halogenated alkanes) is 4. The molecular weight excluding hydrogens is 757 g/mol. The van der Waals surface area contributed by atoms with Gasteiger partial charge in [-0.1, -0.05) is 69.9 Å². The van der Waals surface area contributed by atoms with Crippen molar-refractivity contribution in [3.63, 3.8) is 0 Å². The van der Waals surface area contributed by atoms with E-state index in [2.05, 4.69) is 30.6 Å². The molecule has 0 radical (unpaired) electrons. The average molecular weight is 825 g/mol. The maximum absolute atomic E-state index is 14.1. The van der Waals surface area contributed by atoms with E-state index in [1.807, 2.05) is 18.2 Å². The number of allylic oxidation sites excluding steroid dienone is 1. The molecule has 2 saturated heterocycles. The van der Waals surface area contributed by atoms with Crippen molar-refractivity contribution in [2.24, 2.45) is 5.92 Å². The number of carbonyl (C=O) groups is 4. The van der Waals surface area contributed by atoms with Crippen LogP contribution in [0, 0.1) is 5.92 Å². The SMILES string of the molecule is CCCCCC1(CCCCC)O[C@@H]2[C@@H](C=C(C(=O)N[C@@H](C(=O)N[C@H](CO)CCC(=O)OC(C)(C)C)[C@H](C)O)C[C@H]2OC(=O)c2ccccc2C=CC2CCC3OC3C2)O1. The molecule has 3 fully saturated rings. The van der Waals surface area contributed by atoms with Crippen molar-refractivity contribution in [2.45, 2.75) is 192 Å². The van der Waals surface area contributed by atoms with E-state index in [1.54, 1.807) is 39.0 Å². The molecule has 59 heavy (non-hydrogen) atoms. The summed E-state index contributed by atoms with van der Waals surface area (Å²) >= 11 is 0. The first kappa shape index (κ1) is 46.4. The van der Waals surface area contributed by atoms with Crippen molar-refractivity contribution in [1.29, 1.82) is 0 Å². The average Bonchev–Trinajstić information content (AvgIpc) is 3.87. The Labute approximate surface area is 350 Å². The Hall–Kier alpha value is -3.62. The number of amides is 2. The lowest BCUT2D eigenvalue weighted by molar-refractivity contribution is -0.190. The third-order valence-electron chi connectivity index (χ3n) is 11.6. The van der Waals surface area contributed by atoms with Crippen LogP contribution in [-0.4, -0.2) is 101 Å². The molecule has 2 aliphatic carbocycles. The van der Waals surface area contributed by atoms with Crippen LogP contribution < -0.4 is 10.6 Å². The molecular formula is C46H68N2O11. The van der Waals surface area contributed by atoms with Gasteiger partial charge in [0.15, 0.2) is 5.79 Å². The largest absolute Gasteiger partial charge is 0.460 e. The van der Waals surface area contributed by atoms with Crippen LogP contribution >= 0.6 is 0 Å². The monoisotopic (exact) mass is 824 g/mol. The zero-order chi connectivity index (χ0) is 42.7. The number of esters is 2. The van der Waals surface area contributed by atoms with Crippen LogP contribution in [0.25, 0.3) is 6.08 Å². The summed E-state index contributed by atoms with van der Waals surface area (Å²) in [5, 5.41) is 26.0. The van der Waals surface area contributed by atoms with Gasteiger partial charge in [-0.25, -0.2) is 4.79 Å². The normalized spacial score (nSPS) is 26.1. The zero-order valence-electron chi connectivity index (χ0n) is 35.9. The number of nitrogens with one attached hydrogen (secondary N) is 2. The highest BCUT2D eigenvalue weighted by molar-refractivity contribution is 5.98. The van der Waals surface area contributed by atoms with Crippen LogP contribution in [0.4, 0.5) is 0 Å². The van der Waals surface area contributed by atoms with Gasteiger partial charge in [-0.15, -0.1) is 0 Å². The van der Waals surface area contributed by atoms with E-state index >= 15 is 0 Å². The molecule has 13 nitrogen and oxygen atoms in total. The fraction of sp³-hybridized carbons (Fsp3) is 0.696. The van der Waals surface area contributed by atoms with Gasteiger partial charge in [-0.3, -0.25) is 14.4 Å². The first-order valence-corrected chi connectivity index (χ1v) is 22.0. The number of epoxide rings is 1. The third kappa shape index (κ3) is 13.4. The summed E-state index contributed by atoms with van der Waals surface area (Å²) in [4.78, 5) is 54.0. The van der Waals surface area contributed by atoms with E-state index < -0.39 is 78.2 Å². The molecule has 2 aliphatic heterocycles. The molecule has 2 amide bonds. The molecule has 0 bridgehead atoms. The number of fused-ring (bicyclic) bond motifs is 2. The highest BCUT2D eigenvalue weighted by Gasteiger charge is 2.52. The van der Waals surface area contributed by atoms with Crippen LogP contribution in [0.2, 0.25) is 0 Å². The number of aliphatic hydroxyl groups excluding tert-OH is 2. The molecule has 13 heteroatoms. The fourth-order valence-electron chi connectivity index (χ4n) is 8.30. The summed E-state index contributed by atoms with van der Waals surface area (Å²) in [6.07, 6.45) is 13.1. The van der Waals surface area contributed by atoms with Crippen molar-refractivity contribution < 1.29 is 53.1 Å². The second kappa shape index (κ2) is 21.3. The highest BCUT2D eigenvalue weighted by atomic mass is 16.8. The lowest BCUT2D eigenvalue weighted by Gasteiger charge is -2.32. The molecule has 328 valence electrons. The molecule has 4 N–H and O–H groups in total. The van der Waals surface area contributed by atoms with Crippen molar-refractivity contribution in [2.75, 3.05) is 6.61 Å². The standard InChI is InChI=1S/C46H68N2O11/c1-7-9-13-23-46(24-14-10-8-2)57-38-27-32(42(52)48-40(29(3)50)43(53)47-33(28-49)20-22-39(51)58-45(4,5)6)26-37(41(38)59-46)56-44(54)34-16-12-11-15-31(34)19-17-30-18-21-35-36(25-30)55-35/h11-12,15-17,19,27,29-30,33,35-38,40-41,49-50H,7-10,13-14,18,20-26,28H2,1-6H3,(H,47,53)(H,48,52)/t29-,30?,33-,35?,36?,37+,38+,40+,41-/m0/s1. The zero-order valence-corrected chi connectivity index (χ0v) is 35.9. The fourth-order valence-corrected chi connectivity index (χ4v) is 8.30. The Morgan fingerprint density at radius 3 is 2.34 bits per heavy atom. The molecule has 5 rings (SSSR count). The molecule has 0 aromatic heterocycles. The van der Waals surface area contributed by atoms with Gasteiger partial charge in [0, 0.05) is 31.3 Å². The predicted molar refractivity (Wildman–Crippen MR) is 222 cm³/mol. The first-order chi connectivity index (χ1) is 28.1. The van der Waals surface area contributed by atoms with Crippen LogP contribution in [0.15, 0.2) is 42.0 Å². The minimum Gasteiger partial charge on any atom is -0.460 e. The van der Waals surface area contributed by atoms with E-state index in [0.29, 0.717) is 36.5 Å². The molecule has 3 unspecified atom stereocenters.